The van der Waals surface area contributed by atoms with Crippen LogP contribution in [-0.4, -0.2) is 16.8 Å². The zero-order valence-electron chi connectivity index (χ0n) is 19.0. The third-order valence-corrected chi connectivity index (χ3v) is 8.68. The van der Waals surface area contributed by atoms with Crippen LogP contribution in [0.25, 0.3) is 0 Å². The number of benzene rings is 2. The number of Topliss-reactive ketones (excluding diaryl/α,β-unsaturated/α-hetero) is 1. The summed E-state index contributed by atoms with van der Waals surface area (Å²) in [4.78, 5) is 26.3. The number of aromatic hydroxyl groups is 1. The molecule has 4 heteroatoms. The highest BCUT2D eigenvalue weighted by atomic mass is 16.3. The summed E-state index contributed by atoms with van der Waals surface area (Å²) in [7, 11) is 0. The molecule has 1 amide bonds. The molecule has 0 bridgehead atoms. The molecule has 3 aliphatic rings. The van der Waals surface area contributed by atoms with Gasteiger partial charge in [-0.2, -0.15) is 0 Å². The molecule has 0 radical (unpaired) electrons. The highest BCUT2D eigenvalue weighted by Gasteiger charge is 2.58. The predicted octanol–water partition coefficient (Wildman–Crippen LogP) is 5.31. The molecule has 0 spiro atoms. The number of phenolic OH excluding ortho intramolecular Hbond substituents is 1. The Morgan fingerprint density at radius 1 is 1.19 bits per heavy atom. The van der Waals surface area contributed by atoms with Gasteiger partial charge in [-0.05, 0) is 85.6 Å². The molecule has 2 aromatic carbocycles. The van der Waals surface area contributed by atoms with Crippen molar-refractivity contribution in [3.63, 3.8) is 0 Å². The summed E-state index contributed by atoms with van der Waals surface area (Å²) < 4.78 is 0. The molecule has 0 aliphatic heterocycles. The smallest absolute Gasteiger partial charge is 0.221 e. The van der Waals surface area contributed by atoms with Gasteiger partial charge in [-0.25, -0.2) is 0 Å². The molecule has 2 fully saturated rings. The highest BCUT2D eigenvalue weighted by molar-refractivity contribution is 5.93. The first-order chi connectivity index (χ1) is 15.4. The van der Waals surface area contributed by atoms with Crippen LogP contribution in [0.2, 0.25) is 0 Å². The number of aryl methyl sites for hydroxylation is 1. The minimum atomic E-state index is -0.300. The van der Waals surface area contributed by atoms with Crippen LogP contribution >= 0.6 is 0 Å². The summed E-state index contributed by atoms with van der Waals surface area (Å²) in [6.45, 7) is 4.15. The number of ketones is 1. The summed E-state index contributed by atoms with van der Waals surface area (Å²) in [5.41, 5.74) is 3.41. The average molecular weight is 432 g/mol. The molecule has 168 valence electrons. The van der Waals surface area contributed by atoms with E-state index in [1.807, 2.05) is 43.3 Å². The van der Waals surface area contributed by atoms with Gasteiger partial charge in [0.05, 0.1) is 6.04 Å². The van der Waals surface area contributed by atoms with Crippen molar-refractivity contribution < 1.29 is 14.7 Å². The van der Waals surface area contributed by atoms with Gasteiger partial charge in [0.1, 0.15) is 11.5 Å². The van der Waals surface area contributed by atoms with Crippen molar-refractivity contribution >= 4 is 11.7 Å². The van der Waals surface area contributed by atoms with Crippen molar-refractivity contribution in [3.8, 4) is 5.75 Å². The van der Waals surface area contributed by atoms with Gasteiger partial charge >= 0.3 is 0 Å². The Morgan fingerprint density at radius 3 is 2.75 bits per heavy atom. The maximum atomic E-state index is 13.5. The van der Waals surface area contributed by atoms with E-state index in [9.17, 15) is 14.7 Å². The maximum Gasteiger partial charge on any atom is 0.221 e. The number of fused-ring (bicyclic) bond motifs is 5. The van der Waals surface area contributed by atoms with Gasteiger partial charge in [0.2, 0.25) is 5.91 Å². The Morgan fingerprint density at radius 2 is 1.97 bits per heavy atom. The van der Waals surface area contributed by atoms with Crippen LogP contribution in [0.15, 0.2) is 48.5 Å². The van der Waals surface area contributed by atoms with E-state index in [0.29, 0.717) is 35.7 Å². The van der Waals surface area contributed by atoms with E-state index < -0.39 is 0 Å². The van der Waals surface area contributed by atoms with E-state index in [0.717, 1.165) is 37.7 Å². The normalized spacial score (nSPS) is 31.9. The van der Waals surface area contributed by atoms with Crippen LogP contribution in [0.3, 0.4) is 0 Å². The highest BCUT2D eigenvalue weighted by Crippen LogP contribution is 2.61. The second-order valence-electron chi connectivity index (χ2n) is 10.5. The summed E-state index contributed by atoms with van der Waals surface area (Å²) >= 11 is 0. The lowest BCUT2D eigenvalue weighted by atomic mass is 9.55. The Bertz CT molecular complexity index is 1030. The van der Waals surface area contributed by atoms with E-state index in [1.165, 1.54) is 11.1 Å². The van der Waals surface area contributed by atoms with Crippen molar-refractivity contribution in [2.45, 2.75) is 64.3 Å². The van der Waals surface area contributed by atoms with Crippen molar-refractivity contribution in [2.75, 3.05) is 0 Å². The molecule has 3 aliphatic carbocycles. The molecule has 4 nitrogen and oxygen atoms in total. The first kappa shape index (κ1) is 21.2. The first-order valence-corrected chi connectivity index (χ1v) is 12.1. The Labute approximate surface area is 190 Å². The number of nitrogens with one attached hydrogen (secondary N) is 1. The molecular weight excluding hydrogens is 398 g/mol. The van der Waals surface area contributed by atoms with E-state index >= 15 is 0 Å². The van der Waals surface area contributed by atoms with E-state index in [4.69, 9.17) is 0 Å². The van der Waals surface area contributed by atoms with E-state index in [1.54, 1.807) is 6.07 Å². The standard InChI is InChI=1S/C28H33NO3/c1-17(18-6-4-3-5-7-18)29-26(31)16-20-15-25-24-10-8-19-14-21(30)9-11-22(19)23(24)12-13-28(25,2)27(20)32/h3-7,9,11,14,17,20,23-25,30H,8,10,12-13,15-16H2,1-2H3,(H,29,31)/t17-,20-,23-,24-,25+,28+/m1/s1. The number of hydrogen-bond acceptors (Lipinski definition) is 3. The molecule has 2 N–H and O–H groups in total. The second kappa shape index (κ2) is 8.06. The molecule has 0 saturated heterocycles. The molecule has 5 rings (SSSR count). The largest absolute Gasteiger partial charge is 0.508 e. The van der Waals surface area contributed by atoms with E-state index in [2.05, 4.69) is 18.3 Å². The minimum absolute atomic E-state index is 0.0250. The molecule has 0 heterocycles. The molecule has 2 aromatic rings. The number of carbonyl (C=O) groups is 2. The zero-order chi connectivity index (χ0) is 22.5. The van der Waals surface area contributed by atoms with E-state index in [-0.39, 0.29) is 23.3 Å². The molecule has 32 heavy (non-hydrogen) atoms. The molecule has 6 atom stereocenters. The topological polar surface area (TPSA) is 66.4 Å². The van der Waals surface area contributed by atoms with Gasteiger partial charge in [0, 0.05) is 17.8 Å². The Balaban J connectivity index is 1.30. The van der Waals surface area contributed by atoms with Crippen molar-refractivity contribution in [2.24, 2.45) is 23.2 Å². The number of carbonyl (C=O) groups excluding carboxylic acids is 2. The third-order valence-electron chi connectivity index (χ3n) is 8.68. The summed E-state index contributed by atoms with van der Waals surface area (Å²) in [5, 5.41) is 13.0. The van der Waals surface area contributed by atoms with Crippen LogP contribution < -0.4 is 5.32 Å². The average Bonchev–Trinajstić information content (AvgIpc) is 3.04. The second-order valence-corrected chi connectivity index (χ2v) is 10.5. The fourth-order valence-electron chi connectivity index (χ4n) is 7.03. The fourth-order valence-corrected chi connectivity index (χ4v) is 7.03. The lowest BCUT2D eigenvalue weighted by molar-refractivity contribution is -0.134. The van der Waals surface area contributed by atoms with Crippen LogP contribution in [0.4, 0.5) is 0 Å². The summed E-state index contributed by atoms with van der Waals surface area (Å²) in [5.74, 6) is 1.76. The van der Waals surface area contributed by atoms with Gasteiger partial charge in [0.15, 0.2) is 0 Å². The monoisotopic (exact) mass is 431 g/mol. The number of hydrogen-bond donors (Lipinski definition) is 2. The summed E-state index contributed by atoms with van der Waals surface area (Å²) in [6.07, 6.45) is 5.08. The molecular formula is C28H33NO3. The number of amides is 1. The number of rotatable bonds is 4. The maximum absolute atomic E-state index is 13.5. The van der Waals surface area contributed by atoms with Gasteiger partial charge in [-0.3, -0.25) is 9.59 Å². The lowest BCUT2D eigenvalue weighted by Gasteiger charge is -2.48. The summed E-state index contributed by atoms with van der Waals surface area (Å²) in [6, 6.07) is 15.7. The van der Waals surface area contributed by atoms with Crippen molar-refractivity contribution in [3.05, 3.63) is 65.2 Å². The number of phenols is 1. The molecule has 0 aromatic heterocycles. The van der Waals surface area contributed by atoms with Crippen LogP contribution in [-0.2, 0) is 16.0 Å². The van der Waals surface area contributed by atoms with Crippen molar-refractivity contribution in [1.82, 2.24) is 5.32 Å². The zero-order valence-corrected chi connectivity index (χ0v) is 19.0. The van der Waals surface area contributed by atoms with Crippen molar-refractivity contribution in [1.29, 1.82) is 0 Å². The van der Waals surface area contributed by atoms with Crippen LogP contribution in [0, 0.1) is 23.2 Å². The van der Waals surface area contributed by atoms with Crippen LogP contribution in [0.5, 0.6) is 5.75 Å². The molecule has 0 unspecified atom stereocenters. The third kappa shape index (κ3) is 3.54. The Hall–Kier alpha value is -2.62. The van der Waals surface area contributed by atoms with Crippen LogP contribution in [0.1, 0.15) is 74.6 Å². The lowest BCUT2D eigenvalue weighted by Crippen LogP contribution is -2.42. The van der Waals surface area contributed by atoms with Gasteiger partial charge in [0.25, 0.3) is 0 Å². The van der Waals surface area contributed by atoms with Gasteiger partial charge in [-0.1, -0.05) is 43.3 Å². The Kier molecular flexibility index (Phi) is 5.35. The predicted molar refractivity (Wildman–Crippen MR) is 124 cm³/mol. The quantitative estimate of drug-likeness (QED) is 0.689. The molecule has 2 saturated carbocycles. The first-order valence-electron chi connectivity index (χ1n) is 12.1. The minimum Gasteiger partial charge on any atom is -0.508 e. The SMILES string of the molecule is C[C@@H](NC(=O)C[C@H]1C[C@H]2[C@@H]3CCc4cc(O)ccc4[C@H]3CC[C@]2(C)C1=O)c1ccccc1. The van der Waals surface area contributed by atoms with Gasteiger partial charge in [-0.15, -0.1) is 0 Å². The fraction of sp³-hybridized carbons (Fsp3) is 0.500. The van der Waals surface area contributed by atoms with Gasteiger partial charge < -0.3 is 10.4 Å².